The lowest BCUT2D eigenvalue weighted by atomic mass is 10.2. The molecule has 0 N–H and O–H groups in total. The Morgan fingerprint density at radius 1 is 1.03 bits per heavy atom. The number of ether oxygens (including phenoxy) is 2. The largest absolute Gasteiger partial charge is 0.493 e. The van der Waals surface area contributed by atoms with E-state index in [1.807, 2.05) is 0 Å². The van der Waals surface area contributed by atoms with Crippen molar-refractivity contribution in [1.29, 1.82) is 0 Å². The van der Waals surface area contributed by atoms with Crippen LogP contribution in [0.25, 0.3) is 22.8 Å². The van der Waals surface area contributed by atoms with E-state index >= 15 is 0 Å². The van der Waals surface area contributed by atoms with Crippen LogP contribution in [0.5, 0.6) is 11.5 Å². The number of nitrogens with zero attached hydrogens (tertiary/aromatic N) is 4. The van der Waals surface area contributed by atoms with Gasteiger partial charge in [0, 0.05) is 10.6 Å². The van der Waals surface area contributed by atoms with Crippen molar-refractivity contribution in [2.75, 3.05) is 14.2 Å². The fraction of sp³-hybridized carbons (Fsp3) is 0.158. The molecule has 0 aliphatic carbocycles. The Hall–Kier alpha value is -3.30. The summed E-state index contributed by atoms with van der Waals surface area (Å²) in [6.07, 6.45) is 0. The van der Waals surface area contributed by atoms with Gasteiger partial charge in [0.15, 0.2) is 17.3 Å². The third-order valence-electron chi connectivity index (χ3n) is 4.25. The molecule has 2 aromatic heterocycles. The predicted octanol–water partition coefficient (Wildman–Crippen LogP) is 3.93. The zero-order chi connectivity index (χ0) is 21.3. The maximum absolute atomic E-state index is 12.2. The highest BCUT2D eigenvalue weighted by Crippen LogP contribution is 2.32. The number of hydrogen-bond donors (Lipinski definition) is 0. The van der Waals surface area contributed by atoms with E-state index < -0.39 is 5.76 Å². The van der Waals surface area contributed by atoms with E-state index in [0.717, 1.165) is 0 Å². The molecule has 0 bridgehead atoms. The zero-order valence-electron chi connectivity index (χ0n) is 15.8. The topological polar surface area (TPSA) is 105 Å². The highest BCUT2D eigenvalue weighted by Gasteiger charge is 2.19. The second-order valence-electron chi connectivity index (χ2n) is 6.05. The summed E-state index contributed by atoms with van der Waals surface area (Å²) in [5.74, 6) is 0.982. The van der Waals surface area contributed by atoms with E-state index in [-0.39, 0.29) is 24.2 Å². The number of aromatic nitrogens is 4. The maximum Gasteiger partial charge on any atom is 0.442 e. The lowest BCUT2D eigenvalue weighted by Gasteiger charge is -2.09. The number of methoxy groups -OCH3 is 2. The van der Waals surface area contributed by atoms with Crippen molar-refractivity contribution in [2.45, 2.75) is 6.54 Å². The van der Waals surface area contributed by atoms with Crippen molar-refractivity contribution < 1.29 is 18.4 Å². The van der Waals surface area contributed by atoms with Crippen molar-refractivity contribution in [3.8, 4) is 34.3 Å². The van der Waals surface area contributed by atoms with E-state index in [1.54, 1.807) is 36.4 Å². The second-order valence-corrected chi connectivity index (χ2v) is 6.90. The molecule has 0 aliphatic heterocycles. The maximum atomic E-state index is 12.2. The van der Waals surface area contributed by atoms with Gasteiger partial charge in [-0.25, -0.2) is 9.36 Å². The minimum Gasteiger partial charge on any atom is -0.493 e. The van der Waals surface area contributed by atoms with Gasteiger partial charge in [-0.2, -0.15) is 0 Å². The van der Waals surface area contributed by atoms with Crippen LogP contribution in [0.15, 0.2) is 50.1 Å². The summed E-state index contributed by atoms with van der Waals surface area (Å²) in [4.78, 5) is 12.2. The molecule has 2 heterocycles. The number of halogens is 2. The smallest absolute Gasteiger partial charge is 0.442 e. The van der Waals surface area contributed by atoms with Gasteiger partial charge < -0.3 is 13.9 Å². The molecule has 0 saturated heterocycles. The highest BCUT2D eigenvalue weighted by molar-refractivity contribution is 6.36. The Balaban J connectivity index is 1.67. The minimum absolute atomic E-state index is 0.0514. The molecule has 0 spiro atoms. The van der Waals surface area contributed by atoms with Crippen molar-refractivity contribution in [3.05, 3.63) is 62.9 Å². The molecule has 9 nitrogen and oxygen atoms in total. The summed E-state index contributed by atoms with van der Waals surface area (Å²) in [5.41, 5.74) is 1.11. The number of rotatable bonds is 6. The molecule has 0 unspecified atom stereocenters. The van der Waals surface area contributed by atoms with Gasteiger partial charge in [0.05, 0.1) is 24.8 Å². The molecular formula is C19H14Cl2N4O5. The second kappa shape index (κ2) is 8.21. The van der Waals surface area contributed by atoms with Gasteiger partial charge >= 0.3 is 5.76 Å². The number of hydrogen-bond acceptors (Lipinski definition) is 8. The molecule has 154 valence electrons. The third-order valence-corrected chi connectivity index (χ3v) is 4.80. The average Bonchev–Trinajstić information content (AvgIpc) is 3.35. The quantitative estimate of drug-likeness (QED) is 0.436. The van der Waals surface area contributed by atoms with Crippen LogP contribution in [-0.4, -0.2) is 34.1 Å². The molecule has 0 amide bonds. The van der Waals surface area contributed by atoms with E-state index in [2.05, 4.69) is 15.4 Å². The molecule has 0 radical (unpaired) electrons. The molecule has 2 aromatic carbocycles. The monoisotopic (exact) mass is 448 g/mol. The van der Waals surface area contributed by atoms with Crippen molar-refractivity contribution in [1.82, 2.24) is 19.9 Å². The van der Waals surface area contributed by atoms with E-state index in [9.17, 15) is 4.79 Å². The Kier molecular flexibility index (Phi) is 5.47. The molecule has 4 aromatic rings. The average molecular weight is 449 g/mol. The van der Waals surface area contributed by atoms with Gasteiger partial charge in [-0.15, -0.1) is 10.2 Å². The first-order valence-corrected chi connectivity index (χ1v) is 9.32. The van der Waals surface area contributed by atoms with Crippen LogP contribution in [0.1, 0.15) is 5.89 Å². The summed E-state index contributed by atoms with van der Waals surface area (Å²) in [6, 6.07) is 10.0. The van der Waals surface area contributed by atoms with Crippen LogP contribution in [0.2, 0.25) is 10.0 Å². The van der Waals surface area contributed by atoms with Crippen molar-refractivity contribution >= 4 is 23.2 Å². The molecule has 0 saturated carbocycles. The van der Waals surface area contributed by atoms with Gasteiger partial charge in [-0.3, -0.25) is 4.52 Å². The summed E-state index contributed by atoms with van der Waals surface area (Å²) in [7, 11) is 3.04. The fourth-order valence-corrected chi connectivity index (χ4v) is 3.30. The Labute approximate surface area is 179 Å². The van der Waals surface area contributed by atoms with Crippen LogP contribution in [0.4, 0.5) is 0 Å². The molecule has 4 rings (SSSR count). The van der Waals surface area contributed by atoms with Crippen LogP contribution >= 0.6 is 23.2 Å². The van der Waals surface area contributed by atoms with Gasteiger partial charge in [0.2, 0.25) is 11.8 Å². The summed E-state index contributed by atoms with van der Waals surface area (Å²) in [5, 5.41) is 12.7. The Bertz CT molecular complexity index is 1260. The first-order valence-electron chi connectivity index (χ1n) is 8.57. The molecular weight excluding hydrogens is 435 g/mol. The Morgan fingerprint density at radius 3 is 2.57 bits per heavy atom. The standard InChI is InChI=1S/C19H14Cl2N4O5/c1-27-14-6-3-10(7-15(14)28-2)17-24-30-19(26)25(17)9-16-22-23-18(29-16)12-5-4-11(20)8-13(12)21/h3-8H,9H2,1-2H3. The van der Waals surface area contributed by atoms with E-state index in [4.69, 9.17) is 41.6 Å². The SMILES string of the molecule is COc1ccc(-c2noc(=O)n2Cc2nnc(-c3ccc(Cl)cc3Cl)o2)cc1OC. The first kappa shape index (κ1) is 20.0. The Morgan fingerprint density at radius 2 is 1.83 bits per heavy atom. The van der Waals surface area contributed by atoms with E-state index in [1.165, 1.54) is 18.8 Å². The minimum atomic E-state index is -0.677. The van der Waals surface area contributed by atoms with Crippen LogP contribution in [0.3, 0.4) is 0 Å². The molecule has 0 aliphatic rings. The van der Waals surface area contributed by atoms with Gasteiger partial charge in [-0.05, 0) is 36.4 Å². The van der Waals surface area contributed by atoms with Gasteiger partial charge in [-0.1, -0.05) is 28.4 Å². The van der Waals surface area contributed by atoms with Crippen LogP contribution in [-0.2, 0) is 6.54 Å². The summed E-state index contributed by atoms with van der Waals surface area (Å²) in [6.45, 7) is -0.0514. The van der Waals surface area contributed by atoms with Crippen molar-refractivity contribution in [3.63, 3.8) is 0 Å². The molecule has 0 atom stereocenters. The highest BCUT2D eigenvalue weighted by atomic mass is 35.5. The lowest BCUT2D eigenvalue weighted by molar-refractivity contribution is 0.355. The zero-order valence-corrected chi connectivity index (χ0v) is 17.3. The normalized spacial score (nSPS) is 10.9. The summed E-state index contributed by atoms with van der Waals surface area (Å²) < 4.78 is 22.3. The molecule has 11 heteroatoms. The first-order chi connectivity index (χ1) is 14.5. The number of benzene rings is 2. The van der Waals surface area contributed by atoms with Crippen LogP contribution in [0, 0.1) is 0 Å². The van der Waals surface area contributed by atoms with Gasteiger partial charge in [0.1, 0.15) is 6.54 Å². The molecule has 0 fully saturated rings. The molecule has 30 heavy (non-hydrogen) atoms. The van der Waals surface area contributed by atoms with Gasteiger partial charge in [0.25, 0.3) is 0 Å². The summed E-state index contributed by atoms with van der Waals surface area (Å²) >= 11 is 12.1. The van der Waals surface area contributed by atoms with E-state index in [0.29, 0.717) is 32.7 Å². The van der Waals surface area contributed by atoms with Crippen molar-refractivity contribution in [2.24, 2.45) is 0 Å². The lowest BCUT2D eigenvalue weighted by Crippen LogP contribution is -2.16. The van der Waals surface area contributed by atoms with Crippen LogP contribution < -0.4 is 15.2 Å². The predicted molar refractivity (Wildman–Crippen MR) is 108 cm³/mol. The third kappa shape index (κ3) is 3.77. The fourth-order valence-electron chi connectivity index (χ4n) is 2.82.